The standard InChI is InChI=1S/C19H25N3O5S/c1-11-12(2)19(23)22(3)10-15(11)14-6-17(27-5)18(7-16(14)26-4)28(24,25)21-13-8-20-9-13/h6-7,10,13,20-21H,8-9H2,1-5H3. The number of nitrogens with zero attached hydrogens (tertiary/aromatic N) is 1. The van der Waals surface area contributed by atoms with Gasteiger partial charge in [-0.05, 0) is 25.5 Å². The topological polar surface area (TPSA) is 98.7 Å². The largest absolute Gasteiger partial charge is 0.496 e. The number of hydrogen-bond donors (Lipinski definition) is 2. The monoisotopic (exact) mass is 407 g/mol. The zero-order valence-corrected chi connectivity index (χ0v) is 17.4. The Morgan fingerprint density at radius 2 is 1.71 bits per heavy atom. The molecule has 2 heterocycles. The number of benzene rings is 1. The zero-order valence-electron chi connectivity index (χ0n) is 16.6. The molecule has 1 aliphatic rings. The normalized spacial score (nSPS) is 14.6. The van der Waals surface area contributed by atoms with Crippen LogP contribution in [-0.2, 0) is 17.1 Å². The molecule has 0 saturated carbocycles. The second-order valence-electron chi connectivity index (χ2n) is 6.89. The number of aromatic nitrogens is 1. The Balaban J connectivity index is 2.19. The van der Waals surface area contributed by atoms with E-state index in [1.807, 2.05) is 6.92 Å². The van der Waals surface area contributed by atoms with Crippen LogP contribution >= 0.6 is 0 Å². The molecule has 1 aromatic carbocycles. The Hall–Kier alpha value is -2.36. The van der Waals surface area contributed by atoms with E-state index >= 15 is 0 Å². The number of sulfonamides is 1. The first-order valence-electron chi connectivity index (χ1n) is 8.86. The van der Waals surface area contributed by atoms with Crippen LogP contribution in [-0.4, -0.2) is 46.3 Å². The molecule has 1 aliphatic heterocycles. The van der Waals surface area contributed by atoms with Gasteiger partial charge < -0.3 is 19.4 Å². The predicted molar refractivity (Wildman–Crippen MR) is 107 cm³/mol. The molecule has 0 unspecified atom stereocenters. The molecule has 0 radical (unpaired) electrons. The summed E-state index contributed by atoms with van der Waals surface area (Å²) in [6, 6.07) is 2.95. The lowest BCUT2D eigenvalue weighted by molar-refractivity contribution is 0.388. The van der Waals surface area contributed by atoms with Gasteiger partial charge >= 0.3 is 0 Å². The van der Waals surface area contributed by atoms with Crippen LogP contribution in [0.1, 0.15) is 11.1 Å². The first-order chi connectivity index (χ1) is 13.2. The summed E-state index contributed by atoms with van der Waals surface area (Å²) in [5.41, 5.74) is 2.77. The van der Waals surface area contributed by atoms with Crippen LogP contribution < -0.4 is 25.1 Å². The zero-order chi connectivity index (χ0) is 20.6. The van der Waals surface area contributed by atoms with Gasteiger partial charge in [-0.15, -0.1) is 0 Å². The van der Waals surface area contributed by atoms with Crippen molar-refractivity contribution in [3.63, 3.8) is 0 Å². The molecular weight excluding hydrogens is 382 g/mol. The van der Waals surface area contributed by atoms with Gasteiger partial charge in [0, 0.05) is 55.1 Å². The average molecular weight is 407 g/mol. The van der Waals surface area contributed by atoms with Crippen LogP contribution in [0, 0.1) is 13.8 Å². The molecule has 8 nitrogen and oxygen atoms in total. The van der Waals surface area contributed by atoms with Gasteiger partial charge in [0.1, 0.15) is 16.4 Å². The number of ether oxygens (including phenoxy) is 2. The molecule has 0 aliphatic carbocycles. The molecule has 28 heavy (non-hydrogen) atoms. The molecule has 9 heteroatoms. The van der Waals surface area contributed by atoms with Crippen molar-refractivity contribution in [3.05, 3.63) is 39.8 Å². The highest BCUT2D eigenvalue weighted by Crippen LogP contribution is 2.39. The minimum atomic E-state index is -3.78. The van der Waals surface area contributed by atoms with Crippen molar-refractivity contribution in [3.8, 4) is 22.6 Å². The van der Waals surface area contributed by atoms with E-state index in [1.165, 1.54) is 24.9 Å². The Labute approximate surface area is 164 Å². The maximum Gasteiger partial charge on any atom is 0.253 e. The van der Waals surface area contributed by atoms with Gasteiger partial charge in [-0.2, -0.15) is 0 Å². The quantitative estimate of drug-likeness (QED) is 0.739. The van der Waals surface area contributed by atoms with Crippen LogP contribution in [0.3, 0.4) is 0 Å². The Morgan fingerprint density at radius 3 is 2.25 bits per heavy atom. The summed E-state index contributed by atoms with van der Waals surface area (Å²) >= 11 is 0. The molecule has 1 saturated heterocycles. The number of hydrogen-bond acceptors (Lipinski definition) is 6. The van der Waals surface area contributed by atoms with E-state index in [0.29, 0.717) is 30.0 Å². The fourth-order valence-electron chi connectivity index (χ4n) is 3.19. The molecule has 1 aromatic heterocycles. The van der Waals surface area contributed by atoms with Gasteiger partial charge in [-0.3, -0.25) is 4.79 Å². The third-order valence-electron chi connectivity index (χ3n) is 5.10. The van der Waals surface area contributed by atoms with Crippen molar-refractivity contribution < 1.29 is 17.9 Å². The molecule has 2 N–H and O–H groups in total. The van der Waals surface area contributed by atoms with E-state index < -0.39 is 10.0 Å². The first kappa shape index (κ1) is 20.4. The molecule has 3 rings (SSSR count). The smallest absolute Gasteiger partial charge is 0.253 e. The first-order valence-corrected chi connectivity index (χ1v) is 10.3. The van der Waals surface area contributed by atoms with Crippen LogP contribution in [0.15, 0.2) is 28.0 Å². The van der Waals surface area contributed by atoms with Crippen LogP contribution in [0.25, 0.3) is 11.1 Å². The van der Waals surface area contributed by atoms with Gasteiger partial charge in [0.2, 0.25) is 10.0 Å². The summed E-state index contributed by atoms with van der Waals surface area (Å²) in [7, 11) is 0.806. The predicted octanol–water partition coefficient (Wildman–Crippen LogP) is 0.936. The fourth-order valence-corrected chi connectivity index (χ4v) is 4.59. The van der Waals surface area contributed by atoms with Crippen molar-refractivity contribution in [1.82, 2.24) is 14.6 Å². The molecule has 0 atom stereocenters. The molecule has 2 aromatic rings. The lowest BCUT2D eigenvalue weighted by Gasteiger charge is -2.28. The third-order valence-corrected chi connectivity index (χ3v) is 6.64. The van der Waals surface area contributed by atoms with E-state index in [0.717, 1.165) is 11.1 Å². The summed E-state index contributed by atoms with van der Waals surface area (Å²) in [5.74, 6) is 0.593. The number of methoxy groups -OCH3 is 2. The summed E-state index contributed by atoms with van der Waals surface area (Å²) < 4.78 is 40.7. The second-order valence-corrected chi connectivity index (χ2v) is 8.57. The summed E-state index contributed by atoms with van der Waals surface area (Å²) in [6.07, 6.45) is 1.72. The Bertz CT molecular complexity index is 1070. The van der Waals surface area contributed by atoms with Gasteiger partial charge in [-0.25, -0.2) is 13.1 Å². The second kappa shape index (κ2) is 7.57. The molecule has 1 fully saturated rings. The Kier molecular flexibility index (Phi) is 5.51. The lowest BCUT2D eigenvalue weighted by atomic mass is 9.98. The summed E-state index contributed by atoms with van der Waals surface area (Å²) in [5, 5.41) is 3.03. The van der Waals surface area contributed by atoms with Crippen molar-refractivity contribution >= 4 is 10.0 Å². The van der Waals surface area contributed by atoms with Crippen LogP contribution in [0.5, 0.6) is 11.5 Å². The molecule has 0 amide bonds. The Morgan fingerprint density at radius 1 is 1.07 bits per heavy atom. The average Bonchev–Trinajstić information content (AvgIpc) is 2.65. The van der Waals surface area contributed by atoms with Crippen molar-refractivity contribution in [1.29, 1.82) is 0 Å². The molecule has 0 spiro atoms. The number of pyridine rings is 1. The van der Waals surface area contributed by atoms with E-state index in [2.05, 4.69) is 10.0 Å². The number of aryl methyl sites for hydroxylation is 1. The van der Waals surface area contributed by atoms with Crippen molar-refractivity contribution in [2.45, 2.75) is 24.8 Å². The number of nitrogens with one attached hydrogen (secondary N) is 2. The SMILES string of the molecule is COc1cc(S(=O)(=O)NC2CNC2)c(OC)cc1-c1cn(C)c(=O)c(C)c1C. The van der Waals surface area contributed by atoms with Crippen molar-refractivity contribution in [2.24, 2.45) is 7.05 Å². The molecule has 152 valence electrons. The lowest BCUT2D eigenvalue weighted by Crippen LogP contribution is -2.56. The van der Waals surface area contributed by atoms with E-state index in [4.69, 9.17) is 9.47 Å². The van der Waals surface area contributed by atoms with E-state index in [9.17, 15) is 13.2 Å². The highest BCUT2D eigenvalue weighted by Gasteiger charge is 2.29. The third kappa shape index (κ3) is 3.52. The maximum absolute atomic E-state index is 12.8. The fraction of sp³-hybridized carbons (Fsp3) is 0.421. The molecular formula is C19H25N3O5S. The van der Waals surface area contributed by atoms with Crippen molar-refractivity contribution in [2.75, 3.05) is 27.3 Å². The van der Waals surface area contributed by atoms with Gasteiger partial charge in [-0.1, -0.05) is 0 Å². The van der Waals surface area contributed by atoms with E-state index in [-0.39, 0.29) is 22.2 Å². The van der Waals surface area contributed by atoms with Gasteiger partial charge in [0.05, 0.1) is 14.2 Å². The summed E-state index contributed by atoms with van der Waals surface area (Å²) in [4.78, 5) is 12.2. The van der Waals surface area contributed by atoms with Gasteiger partial charge in [0.15, 0.2) is 0 Å². The number of rotatable bonds is 6. The summed E-state index contributed by atoms with van der Waals surface area (Å²) in [6.45, 7) is 4.80. The van der Waals surface area contributed by atoms with E-state index in [1.54, 1.807) is 26.2 Å². The molecule has 0 bridgehead atoms. The van der Waals surface area contributed by atoms with Gasteiger partial charge in [0.25, 0.3) is 5.56 Å². The highest BCUT2D eigenvalue weighted by atomic mass is 32.2. The highest BCUT2D eigenvalue weighted by molar-refractivity contribution is 7.89. The van der Waals surface area contributed by atoms with Crippen LogP contribution in [0.4, 0.5) is 0 Å². The van der Waals surface area contributed by atoms with Crippen LogP contribution in [0.2, 0.25) is 0 Å². The minimum absolute atomic E-state index is 0.0155. The minimum Gasteiger partial charge on any atom is -0.496 e. The maximum atomic E-state index is 12.8.